The first-order valence-electron chi connectivity index (χ1n) is 11.8. The van der Waals surface area contributed by atoms with Crippen molar-refractivity contribution in [1.82, 2.24) is 15.1 Å². The number of carbonyl (C=O) groups is 2. The molecule has 1 aromatic rings. The van der Waals surface area contributed by atoms with Crippen molar-refractivity contribution in [3.8, 4) is 6.07 Å². The number of hydrogen-bond donors (Lipinski definition) is 1. The normalized spacial score (nSPS) is 21.3. The summed E-state index contributed by atoms with van der Waals surface area (Å²) >= 11 is 0. The lowest BCUT2D eigenvalue weighted by atomic mass is 9.78. The van der Waals surface area contributed by atoms with Crippen molar-refractivity contribution < 1.29 is 22.8 Å². The third-order valence-electron chi connectivity index (χ3n) is 7.19. The second-order valence-electron chi connectivity index (χ2n) is 8.91. The SMILES string of the molecule is CCN(CC)C(=O)N1CCC([C@@H]2CN(c3ccc(C#N)c(C(F)(F)F)c3)C[C@H]2C(=O)NC)CC1. The number of alkyl halides is 3. The molecule has 1 aromatic carbocycles. The van der Waals surface area contributed by atoms with E-state index in [0.717, 1.165) is 18.9 Å². The summed E-state index contributed by atoms with van der Waals surface area (Å²) in [6.07, 6.45) is -3.13. The summed E-state index contributed by atoms with van der Waals surface area (Å²) in [6, 6.07) is 5.35. The van der Waals surface area contributed by atoms with Crippen molar-refractivity contribution >= 4 is 17.6 Å². The van der Waals surface area contributed by atoms with Crippen LogP contribution in [0, 0.1) is 29.1 Å². The van der Waals surface area contributed by atoms with Crippen molar-refractivity contribution in [3.63, 3.8) is 0 Å². The molecule has 0 aliphatic carbocycles. The molecule has 0 saturated carbocycles. The molecule has 34 heavy (non-hydrogen) atoms. The molecule has 1 N–H and O–H groups in total. The Morgan fingerprint density at radius 3 is 2.35 bits per heavy atom. The number of anilines is 1. The molecular weight excluding hydrogens is 447 g/mol. The fourth-order valence-corrected chi connectivity index (χ4v) is 5.25. The fourth-order valence-electron chi connectivity index (χ4n) is 5.25. The number of hydrogen-bond acceptors (Lipinski definition) is 4. The lowest BCUT2D eigenvalue weighted by Gasteiger charge is -2.38. The van der Waals surface area contributed by atoms with E-state index >= 15 is 0 Å². The predicted molar refractivity (Wildman–Crippen MR) is 122 cm³/mol. The highest BCUT2D eigenvalue weighted by Crippen LogP contribution is 2.40. The van der Waals surface area contributed by atoms with Gasteiger partial charge in [0.25, 0.3) is 0 Å². The molecule has 7 nitrogen and oxygen atoms in total. The van der Waals surface area contributed by atoms with E-state index in [2.05, 4.69) is 5.32 Å². The minimum Gasteiger partial charge on any atom is -0.370 e. The van der Waals surface area contributed by atoms with E-state index in [0.29, 0.717) is 45.0 Å². The number of piperidine rings is 1. The Morgan fingerprint density at radius 2 is 1.82 bits per heavy atom. The number of amides is 3. The molecule has 10 heteroatoms. The highest BCUT2D eigenvalue weighted by atomic mass is 19.4. The minimum atomic E-state index is -4.63. The zero-order chi connectivity index (χ0) is 25.0. The van der Waals surface area contributed by atoms with Crippen LogP contribution in [-0.2, 0) is 11.0 Å². The third-order valence-corrected chi connectivity index (χ3v) is 7.19. The first-order valence-corrected chi connectivity index (χ1v) is 11.8. The van der Waals surface area contributed by atoms with E-state index in [1.807, 2.05) is 23.6 Å². The largest absolute Gasteiger partial charge is 0.417 e. The fraction of sp³-hybridized carbons (Fsp3) is 0.625. The van der Waals surface area contributed by atoms with E-state index in [1.54, 1.807) is 18.0 Å². The van der Waals surface area contributed by atoms with Crippen LogP contribution >= 0.6 is 0 Å². The summed E-state index contributed by atoms with van der Waals surface area (Å²) in [4.78, 5) is 30.8. The quantitative estimate of drug-likeness (QED) is 0.701. The standard InChI is InChI=1S/C24H32F3N5O2/c1-4-30(5-2)23(34)31-10-8-16(9-11-31)19-14-32(15-20(19)22(33)29-3)18-7-6-17(13-28)21(12-18)24(25,26)27/h6-7,12,16,19-20H,4-5,8-11,14-15H2,1-3H3,(H,29,33)/t19-,20+/m0/s1. The van der Waals surface area contributed by atoms with E-state index < -0.39 is 17.3 Å². The summed E-state index contributed by atoms with van der Waals surface area (Å²) in [6.45, 7) is 7.16. The maximum atomic E-state index is 13.5. The van der Waals surface area contributed by atoms with Gasteiger partial charge in [-0.05, 0) is 56.7 Å². The van der Waals surface area contributed by atoms with Crippen molar-refractivity contribution in [1.29, 1.82) is 5.26 Å². The van der Waals surface area contributed by atoms with E-state index in [1.165, 1.54) is 12.1 Å². The summed E-state index contributed by atoms with van der Waals surface area (Å²) < 4.78 is 40.4. The number of nitrogens with one attached hydrogen (secondary N) is 1. The summed E-state index contributed by atoms with van der Waals surface area (Å²) in [5.41, 5.74) is -1.02. The average Bonchev–Trinajstić information content (AvgIpc) is 3.29. The molecule has 0 aromatic heterocycles. The molecule has 3 amide bonds. The molecule has 2 aliphatic rings. The number of nitriles is 1. The van der Waals surface area contributed by atoms with Gasteiger partial charge in [-0.3, -0.25) is 4.79 Å². The van der Waals surface area contributed by atoms with Gasteiger partial charge in [-0.2, -0.15) is 18.4 Å². The van der Waals surface area contributed by atoms with Crippen LogP contribution in [0.3, 0.4) is 0 Å². The van der Waals surface area contributed by atoms with Gasteiger partial charge in [-0.1, -0.05) is 0 Å². The molecule has 3 rings (SSSR count). The van der Waals surface area contributed by atoms with Gasteiger partial charge in [0, 0.05) is 52.0 Å². The van der Waals surface area contributed by atoms with Gasteiger partial charge in [0.2, 0.25) is 5.91 Å². The van der Waals surface area contributed by atoms with Crippen LogP contribution in [0.4, 0.5) is 23.7 Å². The Hall–Kier alpha value is -2.96. The van der Waals surface area contributed by atoms with Crippen molar-refractivity contribution in [2.24, 2.45) is 17.8 Å². The number of rotatable bonds is 5. The van der Waals surface area contributed by atoms with E-state index in [9.17, 15) is 22.8 Å². The number of likely N-dealkylation sites (tertiary alicyclic amines) is 1. The third kappa shape index (κ3) is 5.24. The van der Waals surface area contributed by atoms with Gasteiger partial charge in [-0.25, -0.2) is 4.79 Å². The maximum Gasteiger partial charge on any atom is 0.417 e. The lowest BCUT2D eigenvalue weighted by molar-refractivity contribution is -0.137. The van der Waals surface area contributed by atoms with Crippen molar-refractivity contribution in [3.05, 3.63) is 29.3 Å². The first kappa shape index (κ1) is 25.7. The van der Waals surface area contributed by atoms with Gasteiger partial charge in [0.05, 0.1) is 23.1 Å². The lowest BCUT2D eigenvalue weighted by Crippen LogP contribution is -2.48. The number of urea groups is 1. The second kappa shape index (κ2) is 10.5. The molecule has 2 atom stereocenters. The highest BCUT2D eigenvalue weighted by molar-refractivity contribution is 5.80. The smallest absolute Gasteiger partial charge is 0.370 e. The molecule has 0 radical (unpaired) electrons. The van der Waals surface area contributed by atoms with Gasteiger partial charge < -0.3 is 20.0 Å². The number of carbonyl (C=O) groups excluding carboxylic acids is 2. The monoisotopic (exact) mass is 479 g/mol. The van der Waals surface area contributed by atoms with Gasteiger partial charge >= 0.3 is 12.2 Å². The van der Waals surface area contributed by atoms with Crippen LogP contribution in [0.15, 0.2) is 18.2 Å². The highest BCUT2D eigenvalue weighted by Gasteiger charge is 2.43. The number of halogens is 3. The summed E-state index contributed by atoms with van der Waals surface area (Å²) in [5, 5.41) is 11.8. The Bertz CT molecular complexity index is 934. The summed E-state index contributed by atoms with van der Waals surface area (Å²) in [7, 11) is 1.57. The first-order chi connectivity index (χ1) is 16.1. The van der Waals surface area contributed by atoms with Crippen LogP contribution in [-0.4, -0.2) is 68.1 Å². The van der Waals surface area contributed by atoms with Crippen LogP contribution in [0.2, 0.25) is 0 Å². The van der Waals surface area contributed by atoms with Gasteiger partial charge in [0.1, 0.15) is 0 Å². The Labute approximate surface area is 198 Å². The Morgan fingerprint density at radius 1 is 1.18 bits per heavy atom. The van der Waals surface area contributed by atoms with Crippen molar-refractivity contribution in [2.75, 3.05) is 51.2 Å². The molecule has 2 heterocycles. The second-order valence-corrected chi connectivity index (χ2v) is 8.91. The molecular formula is C24H32F3N5O2. The molecule has 0 spiro atoms. The van der Waals surface area contributed by atoms with Gasteiger partial charge in [0.15, 0.2) is 0 Å². The van der Waals surface area contributed by atoms with E-state index in [4.69, 9.17) is 5.26 Å². The van der Waals surface area contributed by atoms with Crippen LogP contribution in [0.5, 0.6) is 0 Å². The number of nitrogens with zero attached hydrogens (tertiary/aromatic N) is 4. The zero-order valence-corrected chi connectivity index (χ0v) is 19.9. The van der Waals surface area contributed by atoms with Crippen molar-refractivity contribution in [2.45, 2.75) is 32.9 Å². The van der Waals surface area contributed by atoms with Crippen LogP contribution in [0.25, 0.3) is 0 Å². The molecule has 2 saturated heterocycles. The predicted octanol–water partition coefficient (Wildman–Crippen LogP) is 3.55. The molecule has 2 aliphatic heterocycles. The van der Waals surface area contributed by atoms with Gasteiger partial charge in [-0.15, -0.1) is 0 Å². The summed E-state index contributed by atoms with van der Waals surface area (Å²) in [5.74, 6) is -0.326. The average molecular weight is 480 g/mol. The Kier molecular flexibility index (Phi) is 7.95. The molecule has 186 valence electrons. The molecule has 0 bridgehead atoms. The van der Waals surface area contributed by atoms with E-state index in [-0.39, 0.29) is 29.7 Å². The molecule has 0 unspecified atom stereocenters. The Balaban J connectivity index is 1.77. The molecule has 2 fully saturated rings. The zero-order valence-electron chi connectivity index (χ0n) is 19.9. The van der Waals surface area contributed by atoms with Crippen LogP contribution in [0.1, 0.15) is 37.8 Å². The number of benzene rings is 1. The topological polar surface area (TPSA) is 79.7 Å². The minimum absolute atomic E-state index is 0.0246. The van der Waals surface area contributed by atoms with Crippen LogP contribution < -0.4 is 10.2 Å². The maximum absolute atomic E-state index is 13.5.